The number of rotatable bonds is 18. The van der Waals surface area contributed by atoms with Crippen LogP contribution >= 0.6 is 21.6 Å². The molecule has 0 aromatic heterocycles. The van der Waals surface area contributed by atoms with Crippen LogP contribution in [0.1, 0.15) is 39.0 Å². The molecule has 0 aliphatic rings. The zero-order valence-electron chi connectivity index (χ0n) is 17.3. The van der Waals surface area contributed by atoms with Gasteiger partial charge in [-0.2, -0.15) is 9.48 Å². The first-order valence-electron chi connectivity index (χ1n) is 9.77. The van der Waals surface area contributed by atoms with Crippen LogP contribution in [0.25, 0.3) is 0 Å². The van der Waals surface area contributed by atoms with Crippen molar-refractivity contribution in [1.29, 1.82) is 0 Å². The van der Waals surface area contributed by atoms with E-state index in [0.717, 1.165) is 70.6 Å². The van der Waals surface area contributed by atoms with Crippen molar-refractivity contribution in [1.82, 2.24) is 10.2 Å². The molecule has 0 rings (SSSR count). The van der Waals surface area contributed by atoms with Crippen molar-refractivity contribution in [2.75, 3.05) is 72.0 Å². The first-order valence-corrected chi connectivity index (χ1v) is 12.5. The lowest BCUT2D eigenvalue weighted by atomic mass is 10.2. The van der Waals surface area contributed by atoms with Crippen LogP contribution in [0.4, 0.5) is 0 Å². The molecule has 0 aliphatic carbocycles. The van der Waals surface area contributed by atoms with E-state index in [1.54, 1.807) is 21.6 Å². The zero-order chi connectivity index (χ0) is 19.7. The molecule has 1 amide bonds. The number of nitrogens with zero attached hydrogens (tertiary/aromatic N) is 2. The van der Waals surface area contributed by atoms with Crippen LogP contribution in [-0.4, -0.2) is 87.4 Å². The largest absolute Gasteiger partial charge is 0.353 e. The number of nitrogens with two attached hydrogens (primary N) is 1. The molecule has 26 heavy (non-hydrogen) atoms. The summed E-state index contributed by atoms with van der Waals surface area (Å²) in [6.07, 6.45) is 7.58. The first kappa shape index (κ1) is 26.0. The van der Waals surface area contributed by atoms with Crippen LogP contribution in [0.15, 0.2) is 0 Å². The minimum atomic E-state index is -0.0194. The molecule has 0 bridgehead atoms. The van der Waals surface area contributed by atoms with Crippen molar-refractivity contribution < 1.29 is 14.3 Å². The van der Waals surface area contributed by atoms with Crippen molar-refractivity contribution in [2.45, 2.75) is 39.0 Å². The molecular weight excluding hydrogens is 368 g/mol. The van der Waals surface area contributed by atoms with Crippen molar-refractivity contribution in [3.05, 3.63) is 0 Å². The summed E-state index contributed by atoms with van der Waals surface area (Å²) in [6, 6.07) is 0. The predicted molar refractivity (Wildman–Crippen MR) is 116 cm³/mol. The lowest BCUT2D eigenvalue weighted by molar-refractivity contribution is -1.09. The fourth-order valence-corrected chi connectivity index (χ4v) is 3.72. The molecule has 1 unspecified atom stereocenters. The van der Waals surface area contributed by atoms with Gasteiger partial charge in [-0.05, 0) is 52.2 Å². The maximum absolute atomic E-state index is 12.0. The second-order valence-corrected chi connectivity index (χ2v) is 9.55. The Kier molecular flexibility index (Phi) is 17.1. The monoisotopic (exact) mass is 409 g/mol. The van der Waals surface area contributed by atoms with Gasteiger partial charge in [-0.15, -0.1) is 0 Å². The highest BCUT2D eigenvalue weighted by atomic mass is 33.1. The second kappa shape index (κ2) is 17.1. The average Bonchev–Trinajstić information content (AvgIpc) is 2.64. The number of quaternary nitrogens is 1. The maximum atomic E-state index is 12.0. The number of carbonyl (C=O) groups excluding carboxylic acids is 1. The Morgan fingerprint density at radius 3 is 2.54 bits per heavy atom. The Morgan fingerprint density at radius 1 is 1.19 bits per heavy atom. The van der Waals surface area contributed by atoms with Crippen molar-refractivity contribution >= 4 is 27.5 Å². The lowest BCUT2D eigenvalue weighted by Crippen LogP contribution is -2.48. The number of unbranched alkanes of at least 4 members (excludes halogenated alkanes) is 2. The SMILES string of the molecule is CCCC[N+](C)(CCCCN(C)CCCN)OCC(=O)NCCSSC. The molecule has 0 heterocycles. The Bertz CT molecular complexity index is 351. The summed E-state index contributed by atoms with van der Waals surface area (Å²) in [5.41, 5.74) is 5.56. The summed E-state index contributed by atoms with van der Waals surface area (Å²) in [6.45, 7) is 7.82. The van der Waals surface area contributed by atoms with Crippen LogP contribution in [0.5, 0.6) is 0 Å². The lowest BCUT2D eigenvalue weighted by Gasteiger charge is -2.31. The molecule has 0 spiro atoms. The smallest absolute Gasteiger partial charge is 0.252 e. The van der Waals surface area contributed by atoms with E-state index in [4.69, 9.17) is 10.6 Å². The van der Waals surface area contributed by atoms with Gasteiger partial charge in [0.25, 0.3) is 5.91 Å². The van der Waals surface area contributed by atoms with E-state index in [1.807, 2.05) is 6.26 Å². The van der Waals surface area contributed by atoms with Crippen LogP contribution in [0, 0.1) is 0 Å². The third-order valence-electron chi connectivity index (χ3n) is 4.28. The van der Waals surface area contributed by atoms with Crippen molar-refractivity contribution in [2.24, 2.45) is 5.73 Å². The third kappa shape index (κ3) is 15.1. The van der Waals surface area contributed by atoms with Crippen LogP contribution in [-0.2, 0) is 9.63 Å². The molecule has 0 saturated carbocycles. The molecule has 156 valence electrons. The molecular formula is C18H41N4O2S2+. The fourth-order valence-electron chi connectivity index (χ4n) is 2.62. The van der Waals surface area contributed by atoms with E-state index in [9.17, 15) is 4.79 Å². The number of hydroxylamine groups is 3. The van der Waals surface area contributed by atoms with Gasteiger partial charge in [0, 0.05) is 18.7 Å². The third-order valence-corrected chi connectivity index (χ3v) is 6.10. The highest BCUT2D eigenvalue weighted by Crippen LogP contribution is 2.15. The summed E-state index contributed by atoms with van der Waals surface area (Å²) in [7, 11) is 7.72. The normalized spacial score (nSPS) is 13.8. The summed E-state index contributed by atoms with van der Waals surface area (Å²) in [5.74, 6) is 0.904. The van der Waals surface area contributed by atoms with E-state index in [1.165, 1.54) is 0 Å². The molecule has 0 fully saturated rings. The molecule has 0 aromatic rings. The Morgan fingerprint density at radius 2 is 1.88 bits per heavy atom. The van der Waals surface area contributed by atoms with Crippen molar-refractivity contribution in [3.63, 3.8) is 0 Å². The Labute approximate surface area is 168 Å². The van der Waals surface area contributed by atoms with Gasteiger partial charge >= 0.3 is 0 Å². The maximum Gasteiger partial charge on any atom is 0.252 e. The molecule has 8 heteroatoms. The Hall–Kier alpha value is 0.01000. The number of carbonyl (C=O) groups is 1. The number of hydrogen-bond acceptors (Lipinski definition) is 6. The summed E-state index contributed by atoms with van der Waals surface area (Å²) >= 11 is 0. The minimum Gasteiger partial charge on any atom is -0.353 e. The van der Waals surface area contributed by atoms with Gasteiger partial charge in [0.1, 0.15) is 13.1 Å². The van der Waals surface area contributed by atoms with E-state index in [0.29, 0.717) is 11.2 Å². The molecule has 0 aromatic carbocycles. The van der Waals surface area contributed by atoms with E-state index >= 15 is 0 Å². The highest BCUT2D eigenvalue weighted by Gasteiger charge is 2.24. The molecule has 0 aliphatic heterocycles. The number of nitrogens with one attached hydrogen (secondary N) is 1. The van der Waals surface area contributed by atoms with Gasteiger partial charge in [0.15, 0.2) is 6.61 Å². The number of amides is 1. The predicted octanol–water partition coefficient (Wildman–Crippen LogP) is 2.35. The first-order chi connectivity index (χ1) is 12.5. The topological polar surface area (TPSA) is 67.6 Å². The van der Waals surface area contributed by atoms with Crippen molar-refractivity contribution in [3.8, 4) is 0 Å². The molecule has 0 radical (unpaired) electrons. The van der Waals surface area contributed by atoms with Gasteiger partial charge in [-0.25, -0.2) is 0 Å². The molecule has 6 nitrogen and oxygen atoms in total. The quantitative estimate of drug-likeness (QED) is 0.157. The Balaban J connectivity index is 4.14. The van der Waals surface area contributed by atoms with Gasteiger partial charge < -0.3 is 16.0 Å². The van der Waals surface area contributed by atoms with Crippen LogP contribution in [0.3, 0.4) is 0 Å². The summed E-state index contributed by atoms with van der Waals surface area (Å²) in [4.78, 5) is 20.3. The highest BCUT2D eigenvalue weighted by molar-refractivity contribution is 8.76. The molecule has 1 atom stereocenters. The zero-order valence-corrected chi connectivity index (χ0v) is 18.9. The van der Waals surface area contributed by atoms with Crippen LogP contribution < -0.4 is 11.1 Å². The van der Waals surface area contributed by atoms with Gasteiger partial charge in [0.2, 0.25) is 0 Å². The molecule has 3 N–H and O–H groups in total. The van der Waals surface area contributed by atoms with E-state index in [-0.39, 0.29) is 12.5 Å². The van der Waals surface area contributed by atoms with Gasteiger partial charge in [0.05, 0.1) is 7.05 Å². The van der Waals surface area contributed by atoms with Crippen LogP contribution in [0.2, 0.25) is 0 Å². The van der Waals surface area contributed by atoms with E-state index in [2.05, 4.69) is 31.2 Å². The summed E-state index contributed by atoms with van der Waals surface area (Å²) < 4.78 is 0.521. The minimum absolute atomic E-state index is 0.0194. The molecule has 0 saturated heterocycles. The van der Waals surface area contributed by atoms with E-state index < -0.39 is 0 Å². The number of hydrogen-bond donors (Lipinski definition) is 2. The average molecular weight is 410 g/mol. The standard InChI is InChI=1S/C18H40N4O2S2/c1-5-6-14-22(3,15-8-7-12-21(2)13-9-10-19)24-17-18(23)20-11-16-26-25-4/h5-17,19H2,1-4H3/p+1. The fraction of sp³-hybridized carbons (Fsp3) is 0.944. The van der Waals surface area contributed by atoms with Gasteiger partial charge in [-0.3, -0.25) is 4.79 Å². The second-order valence-electron chi connectivity index (χ2n) is 6.86. The summed E-state index contributed by atoms with van der Waals surface area (Å²) in [5, 5.41) is 2.92. The van der Waals surface area contributed by atoms with Gasteiger partial charge in [-0.1, -0.05) is 34.9 Å².